The molecule has 1 amide bonds. The van der Waals surface area contributed by atoms with Crippen molar-refractivity contribution in [1.82, 2.24) is 9.88 Å². The lowest BCUT2D eigenvalue weighted by molar-refractivity contribution is -0.129. The fraction of sp³-hybridized carbons (Fsp3) is 0.444. The second kappa shape index (κ2) is 6.34. The summed E-state index contributed by atoms with van der Waals surface area (Å²) in [5.41, 5.74) is 3.00. The molecule has 0 saturated carbocycles. The fourth-order valence-electron chi connectivity index (χ4n) is 2.82. The van der Waals surface area contributed by atoms with Crippen LogP contribution in [0.3, 0.4) is 0 Å². The lowest BCUT2D eigenvalue weighted by atomic mass is 10.1. The lowest BCUT2D eigenvalue weighted by Crippen LogP contribution is -2.29. The van der Waals surface area contributed by atoms with Gasteiger partial charge in [-0.05, 0) is 43.9 Å². The van der Waals surface area contributed by atoms with Crippen molar-refractivity contribution >= 4 is 5.91 Å². The Balaban J connectivity index is 1.76. The van der Waals surface area contributed by atoms with Crippen LogP contribution in [-0.2, 0) is 17.6 Å². The molecule has 1 saturated heterocycles. The highest BCUT2D eigenvalue weighted by atomic mass is 16.4. The Kier molecular flexibility index (Phi) is 4.27. The van der Waals surface area contributed by atoms with Gasteiger partial charge in [0.25, 0.3) is 0 Å². The maximum Gasteiger partial charge on any atom is 0.228 e. The molecule has 0 atom stereocenters. The van der Waals surface area contributed by atoms with Crippen LogP contribution < -0.4 is 0 Å². The number of aryl methyl sites for hydroxylation is 2. The summed E-state index contributed by atoms with van der Waals surface area (Å²) in [7, 11) is 0. The number of likely N-dealkylation sites (tertiary alicyclic amines) is 1. The molecule has 1 aliphatic heterocycles. The summed E-state index contributed by atoms with van der Waals surface area (Å²) in [4.78, 5) is 18.7. The molecule has 116 valence electrons. The van der Waals surface area contributed by atoms with Crippen molar-refractivity contribution < 1.29 is 9.21 Å². The van der Waals surface area contributed by atoms with Crippen LogP contribution >= 0.6 is 0 Å². The molecule has 2 aromatic rings. The van der Waals surface area contributed by atoms with E-state index in [-0.39, 0.29) is 5.91 Å². The van der Waals surface area contributed by atoms with Crippen molar-refractivity contribution in [2.75, 3.05) is 13.1 Å². The summed E-state index contributed by atoms with van der Waals surface area (Å²) < 4.78 is 5.76. The number of oxazole rings is 1. The van der Waals surface area contributed by atoms with E-state index in [0.717, 1.165) is 49.4 Å². The number of carbonyl (C=O) groups excluding carboxylic acids is 1. The summed E-state index contributed by atoms with van der Waals surface area (Å²) in [6.07, 6.45) is 3.57. The smallest absolute Gasteiger partial charge is 0.228 e. The van der Waals surface area contributed by atoms with Crippen LogP contribution in [-0.4, -0.2) is 28.9 Å². The van der Waals surface area contributed by atoms with Crippen LogP contribution in [0, 0.1) is 6.92 Å². The average Bonchev–Trinajstić information content (AvgIpc) is 3.18. The number of aromatic nitrogens is 1. The zero-order valence-corrected chi connectivity index (χ0v) is 13.3. The van der Waals surface area contributed by atoms with Crippen molar-refractivity contribution in [2.45, 2.75) is 39.5 Å². The number of nitrogens with zero attached hydrogens (tertiary/aromatic N) is 2. The molecule has 0 spiro atoms. The van der Waals surface area contributed by atoms with E-state index in [0.29, 0.717) is 12.3 Å². The van der Waals surface area contributed by atoms with Gasteiger partial charge in [0, 0.05) is 18.7 Å². The van der Waals surface area contributed by atoms with Gasteiger partial charge in [-0.2, -0.15) is 0 Å². The number of carbonyl (C=O) groups is 1. The minimum Gasteiger partial charge on any atom is -0.441 e. The number of rotatable bonds is 4. The normalized spacial score (nSPS) is 14.5. The quantitative estimate of drug-likeness (QED) is 0.869. The summed E-state index contributed by atoms with van der Waals surface area (Å²) in [6, 6.07) is 8.22. The van der Waals surface area contributed by atoms with Gasteiger partial charge in [0.05, 0.1) is 12.1 Å². The van der Waals surface area contributed by atoms with Gasteiger partial charge in [-0.25, -0.2) is 4.98 Å². The third-order valence-electron chi connectivity index (χ3n) is 4.28. The van der Waals surface area contributed by atoms with E-state index in [1.54, 1.807) is 0 Å². The topological polar surface area (TPSA) is 46.3 Å². The third-order valence-corrected chi connectivity index (χ3v) is 4.28. The Morgan fingerprint density at radius 2 is 1.91 bits per heavy atom. The minimum atomic E-state index is 0.154. The Morgan fingerprint density at radius 1 is 1.23 bits per heavy atom. The molecule has 0 N–H and O–H groups in total. The Bertz CT molecular complexity index is 652. The molecule has 0 bridgehead atoms. The fourth-order valence-corrected chi connectivity index (χ4v) is 2.82. The number of amides is 1. The van der Waals surface area contributed by atoms with E-state index < -0.39 is 0 Å². The van der Waals surface area contributed by atoms with Crippen LogP contribution in [0.2, 0.25) is 0 Å². The second-order valence-corrected chi connectivity index (χ2v) is 5.84. The van der Waals surface area contributed by atoms with E-state index >= 15 is 0 Å². The van der Waals surface area contributed by atoms with E-state index in [9.17, 15) is 4.79 Å². The van der Waals surface area contributed by atoms with Crippen LogP contribution in [0.25, 0.3) is 11.5 Å². The van der Waals surface area contributed by atoms with Crippen LogP contribution in [0.1, 0.15) is 36.8 Å². The van der Waals surface area contributed by atoms with Gasteiger partial charge in [0.1, 0.15) is 5.76 Å². The van der Waals surface area contributed by atoms with E-state index in [4.69, 9.17) is 4.42 Å². The van der Waals surface area contributed by atoms with Crippen LogP contribution in [0.5, 0.6) is 0 Å². The molecule has 1 fully saturated rings. The number of benzene rings is 1. The van der Waals surface area contributed by atoms with Crippen molar-refractivity contribution in [1.29, 1.82) is 0 Å². The van der Waals surface area contributed by atoms with Crippen molar-refractivity contribution in [3.63, 3.8) is 0 Å². The van der Waals surface area contributed by atoms with Crippen molar-refractivity contribution in [3.8, 4) is 11.5 Å². The van der Waals surface area contributed by atoms with Crippen molar-refractivity contribution in [2.24, 2.45) is 0 Å². The van der Waals surface area contributed by atoms with Gasteiger partial charge in [0.15, 0.2) is 0 Å². The highest BCUT2D eigenvalue weighted by molar-refractivity contribution is 5.79. The third kappa shape index (κ3) is 3.06. The van der Waals surface area contributed by atoms with E-state index in [1.165, 1.54) is 5.56 Å². The SMILES string of the molecule is CCc1ccc(-c2nc(CC(=O)N3CCCC3)c(C)o2)cc1. The molecule has 0 radical (unpaired) electrons. The standard InChI is InChI=1S/C18H22N2O2/c1-3-14-6-8-15(9-7-14)18-19-16(13(2)22-18)12-17(21)20-10-4-5-11-20/h6-9H,3-5,10-12H2,1-2H3. The molecule has 4 heteroatoms. The zero-order chi connectivity index (χ0) is 15.5. The molecule has 3 rings (SSSR count). The Hall–Kier alpha value is -2.10. The van der Waals surface area contributed by atoms with E-state index in [2.05, 4.69) is 24.0 Å². The molecule has 0 aliphatic carbocycles. The molecule has 22 heavy (non-hydrogen) atoms. The summed E-state index contributed by atoms with van der Waals surface area (Å²) in [5, 5.41) is 0. The van der Waals surface area contributed by atoms with E-state index in [1.807, 2.05) is 24.0 Å². The predicted octanol–water partition coefficient (Wildman–Crippen LogP) is 3.38. The summed E-state index contributed by atoms with van der Waals surface area (Å²) >= 11 is 0. The Morgan fingerprint density at radius 3 is 2.55 bits per heavy atom. The first-order chi connectivity index (χ1) is 10.7. The molecule has 1 aromatic heterocycles. The monoisotopic (exact) mass is 298 g/mol. The molecule has 2 heterocycles. The lowest BCUT2D eigenvalue weighted by Gasteiger charge is -2.13. The highest BCUT2D eigenvalue weighted by Gasteiger charge is 2.21. The maximum atomic E-state index is 12.2. The first-order valence-corrected chi connectivity index (χ1v) is 8.00. The molecular weight excluding hydrogens is 276 g/mol. The minimum absolute atomic E-state index is 0.154. The predicted molar refractivity (Wildman–Crippen MR) is 85.6 cm³/mol. The van der Waals surface area contributed by atoms with Gasteiger partial charge < -0.3 is 9.32 Å². The first-order valence-electron chi connectivity index (χ1n) is 8.00. The van der Waals surface area contributed by atoms with Crippen molar-refractivity contribution in [3.05, 3.63) is 41.3 Å². The number of hydrogen-bond donors (Lipinski definition) is 0. The van der Waals surface area contributed by atoms with Gasteiger partial charge in [-0.3, -0.25) is 4.79 Å². The van der Waals surface area contributed by atoms with Gasteiger partial charge in [-0.15, -0.1) is 0 Å². The second-order valence-electron chi connectivity index (χ2n) is 5.84. The molecule has 1 aromatic carbocycles. The Labute approximate surface area is 131 Å². The average molecular weight is 298 g/mol. The highest BCUT2D eigenvalue weighted by Crippen LogP contribution is 2.23. The molecular formula is C18H22N2O2. The van der Waals surface area contributed by atoms with Crippen LogP contribution in [0.4, 0.5) is 0 Å². The maximum absolute atomic E-state index is 12.2. The van der Waals surface area contributed by atoms with Gasteiger partial charge >= 0.3 is 0 Å². The largest absolute Gasteiger partial charge is 0.441 e. The molecule has 1 aliphatic rings. The van der Waals surface area contributed by atoms with Gasteiger partial charge in [-0.1, -0.05) is 19.1 Å². The first kappa shape index (κ1) is 14.8. The number of hydrogen-bond acceptors (Lipinski definition) is 3. The van der Waals surface area contributed by atoms with Gasteiger partial charge in [0.2, 0.25) is 11.8 Å². The van der Waals surface area contributed by atoms with Crippen LogP contribution in [0.15, 0.2) is 28.7 Å². The zero-order valence-electron chi connectivity index (χ0n) is 13.3. The molecule has 4 nitrogen and oxygen atoms in total. The molecule has 0 unspecified atom stereocenters. The summed E-state index contributed by atoms with van der Waals surface area (Å²) in [5.74, 6) is 1.49. The summed E-state index contributed by atoms with van der Waals surface area (Å²) in [6.45, 7) is 5.76.